The molecule has 4 amide bonds. The number of hydrogen-bond donors (Lipinski definition) is 2. The monoisotopic (exact) mass is 460 g/mol. The molecule has 9 heteroatoms. The first-order valence-electron chi connectivity index (χ1n) is 10.6. The highest BCUT2D eigenvalue weighted by Gasteiger charge is 2.30. The molecule has 174 valence electrons. The highest BCUT2D eigenvalue weighted by Crippen LogP contribution is 2.30. The Morgan fingerprint density at radius 1 is 1.15 bits per heavy atom. The van der Waals surface area contributed by atoms with Crippen LogP contribution >= 0.6 is 0 Å². The first-order chi connectivity index (χ1) is 16.5. The van der Waals surface area contributed by atoms with E-state index in [4.69, 9.17) is 9.47 Å². The molecule has 2 aromatic carbocycles. The Kier molecular flexibility index (Phi) is 6.72. The SMILES string of the molecule is COc1ccc2c(c1)C(=O)N(C[C@H](NC(=O)NC=O)c1ccc(-c3ncccc3OC)cc1)C2. The number of aromatic nitrogens is 1. The number of amides is 4. The lowest BCUT2D eigenvalue weighted by atomic mass is 10.0. The summed E-state index contributed by atoms with van der Waals surface area (Å²) in [5, 5.41) is 4.86. The lowest BCUT2D eigenvalue weighted by Gasteiger charge is -2.25. The van der Waals surface area contributed by atoms with Crippen molar-refractivity contribution in [3.63, 3.8) is 0 Å². The molecule has 2 N–H and O–H groups in total. The summed E-state index contributed by atoms with van der Waals surface area (Å²) in [6, 6.07) is 15.3. The summed E-state index contributed by atoms with van der Waals surface area (Å²) in [5.41, 5.74) is 3.77. The summed E-state index contributed by atoms with van der Waals surface area (Å²) in [6.07, 6.45) is 2.00. The largest absolute Gasteiger partial charge is 0.497 e. The predicted octanol–water partition coefficient (Wildman–Crippen LogP) is 2.92. The number of fused-ring (bicyclic) bond motifs is 1. The van der Waals surface area contributed by atoms with Crippen LogP contribution in [0.2, 0.25) is 0 Å². The molecule has 0 fully saturated rings. The molecule has 0 radical (unpaired) electrons. The van der Waals surface area contributed by atoms with Crippen LogP contribution in [0.5, 0.6) is 11.5 Å². The highest BCUT2D eigenvalue weighted by atomic mass is 16.5. The number of ether oxygens (including phenoxy) is 2. The number of pyridine rings is 1. The summed E-state index contributed by atoms with van der Waals surface area (Å²) < 4.78 is 10.6. The molecule has 4 rings (SSSR count). The Morgan fingerprint density at radius 3 is 2.65 bits per heavy atom. The molecule has 0 spiro atoms. The van der Waals surface area contributed by atoms with Crippen LogP contribution < -0.4 is 20.1 Å². The molecule has 9 nitrogen and oxygen atoms in total. The van der Waals surface area contributed by atoms with Gasteiger partial charge in [0.25, 0.3) is 5.91 Å². The van der Waals surface area contributed by atoms with Crippen LogP contribution in [0.15, 0.2) is 60.8 Å². The third kappa shape index (κ3) is 4.68. The summed E-state index contributed by atoms with van der Waals surface area (Å²) in [6.45, 7) is 0.628. The molecule has 1 aliphatic rings. The van der Waals surface area contributed by atoms with E-state index in [1.807, 2.05) is 42.5 Å². The Hall–Kier alpha value is -4.40. The quantitative estimate of drug-likeness (QED) is 0.500. The molecule has 0 saturated carbocycles. The van der Waals surface area contributed by atoms with Crippen molar-refractivity contribution in [2.45, 2.75) is 12.6 Å². The fraction of sp³-hybridized carbons (Fsp3) is 0.200. The molecular formula is C25H24N4O5. The van der Waals surface area contributed by atoms with Crippen molar-refractivity contribution in [1.82, 2.24) is 20.5 Å². The third-order valence-electron chi connectivity index (χ3n) is 5.67. The van der Waals surface area contributed by atoms with Gasteiger partial charge in [-0.15, -0.1) is 0 Å². The molecule has 1 atom stereocenters. The van der Waals surface area contributed by atoms with E-state index in [0.29, 0.717) is 35.7 Å². The van der Waals surface area contributed by atoms with Gasteiger partial charge in [0.2, 0.25) is 6.41 Å². The van der Waals surface area contributed by atoms with E-state index in [-0.39, 0.29) is 12.5 Å². The first kappa shape index (κ1) is 22.8. The van der Waals surface area contributed by atoms with Crippen molar-refractivity contribution in [2.75, 3.05) is 20.8 Å². The van der Waals surface area contributed by atoms with E-state index < -0.39 is 12.1 Å². The summed E-state index contributed by atoms with van der Waals surface area (Å²) in [5.74, 6) is 1.10. The number of nitrogens with zero attached hydrogens (tertiary/aromatic N) is 2. The highest BCUT2D eigenvalue weighted by molar-refractivity contribution is 5.98. The van der Waals surface area contributed by atoms with E-state index in [9.17, 15) is 14.4 Å². The van der Waals surface area contributed by atoms with Gasteiger partial charge in [-0.05, 0) is 35.4 Å². The number of hydrogen-bond acceptors (Lipinski definition) is 6. The number of rotatable bonds is 8. The Bertz CT molecular complexity index is 1210. The van der Waals surface area contributed by atoms with Crippen LogP contribution in [0.4, 0.5) is 4.79 Å². The van der Waals surface area contributed by atoms with Crippen LogP contribution in [0.3, 0.4) is 0 Å². The van der Waals surface area contributed by atoms with Gasteiger partial charge >= 0.3 is 6.03 Å². The molecule has 1 aromatic heterocycles. The van der Waals surface area contributed by atoms with Crippen LogP contribution in [0.25, 0.3) is 11.3 Å². The Morgan fingerprint density at radius 2 is 1.94 bits per heavy atom. The molecule has 3 aromatic rings. The molecular weight excluding hydrogens is 436 g/mol. The molecule has 34 heavy (non-hydrogen) atoms. The molecule has 0 aliphatic carbocycles. The van der Waals surface area contributed by atoms with E-state index >= 15 is 0 Å². The normalized spacial score (nSPS) is 13.1. The number of nitrogens with one attached hydrogen (secondary N) is 2. The third-order valence-corrected chi connectivity index (χ3v) is 5.67. The second-order valence-electron chi connectivity index (χ2n) is 7.67. The van der Waals surface area contributed by atoms with Crippen LogP contribution in [-0.4, -0.2) is 49.0 Å². The van der Waals surface area contributed by atoms with Crippen LogP contribution in [0.1, 0.15) is 27.5 Å². The molecule has 2 heterocycles. The minimum absolute atomic E-state index is 0.147. The van der Waals surface area contributed by atoms with E-state index in [1.54, 1.807) is 37.4 Å². The van der Waals surface area contributed by atoms with E-state index in [2.05, 4.69) is 15.6 Å². The smallest absolute Gasteiger partial charge is 0.321 e. The van der Waals surface area contributed by atoms with Crippen molar-refractivity contribution in [1.29, 1.82) is 0 Å². The van der Waals surface area contributed by atoms with Crippen LogP contribution in [0, 0.1) is 0 Å². The van der Waals surface area contributed by atoms with Gasteiger partial charge in [0, 0.05) is 30.4 Å². The first-order valence-corrected chi connectivity index (χ1v) is 10.6. The maximum Gasteiger partial charge on any atom is 0.321 e. The number of urea groups is 1. The second-order valence-corrected chi connectivity index (χ2v) is 7.67. The average molecular weight is 460 g/mol. The molecule has 1 aliphatic heterocycles. The van der Waals surface area contributed by atoms with E-state index in [0.717, 1.165) is 16.7 Å². The number of carbonyl (C=O) groups excluding carboxylic acids is 3. The van der Waals surface area contributed by atoms with Crippen molar-refractivity contribution >= 4 is 18.3 Å². The Labute approximate surface area is 196 Å². The second kappa shape index (κ2) is 10.0. The Balaban J connectivity index is 1.58. The van der Waals surface area contributed by atoms with Crippen molar-refractivity contribution in [3.05, 3.63) is 77.5 Å². The van der Waals surface area contributed by atoms with Gasteiger partial charge in [-0.3, -0.25) is 19.9 Å². The number of imide groups is 1. The fourth-order valence-corrected chi connectivity index (χ4v) is 3.97. The minimum atomic E-state index is -0.652. The van der Waals surface area contributed by atoms with E-state index in [1.165, 1.54) is 0 Å². The number of carbonyl (C=O) groups is 3. The number of methoxy groups -OCH3 is 2. The van der Waals surface area contributed by atoms with Gasteiger partial charge in [-0.25, -0.2) is 4.79 Å². The lowest BCUT2D eigenvalue weighted by Crippen LogP contribution is -2.42. The summed E-state index contributed by atoms with van der Waals surface area (Å²) >= 11 is 0. The van der Waals surface area contributed by atoms with Gasteiger partial charge in [-0.1, -0.05) is 30.3 Å². The topological polar surface area (TPSA) is 110 Å². The van der Waals surface area contributed by atoms with Gasteiger partial charge in [0.05, 0.1) is 20.3 Å². The van der Waals surface area contributed by atoms with Crippen molar-refractivity contribution < 1.29 is 23.9 Å². The molecule has 0 unspecified atom stereocenters. The van der Waals surface area contributed by atoms with Gasteiger partial charge in [0.1, 0.15) is 17.2 Å². The van der Waals surface area contributed by atoms with Crippen LogP contribution in [-0.2, 0) is 11.3 Å². The standard InChI is InChI=1S/C25H24N4O5/c1-33-19-10-9-18-13-29(24(31)20(18)12-19)14-21(28-25(32)27-15-30)16-5-7-17(8-6-16)23-22(34-2)4-3-11-26-23/h3-12,15,21H,13-14H2,1-2H3,(H2,27,28,30,32)/t21-/m0/s1. The summed E-state index contributed by atoms with van der Waals surface area (Å²) in [4.78, 5) is 42.0. The minimum Gasteiger partial charge on any atom is -0.497 e. The predicted molar refractivity (Wildman–Crippen MR) is 124 cm³/mol. The number of benzene rings is 2. The lowest BCUT2D eigenvalue weighted by molar-refractivity contribution is -0.108. The average Bonchev–Trinajstić information content (AvgIpc) is 3.18. The van der Waals surface area contributed by atoms with Crippen molar-refractivity contribution in [3.8, 4) is 22.8 Å². The molecule has 0 bridgehead atoms. The zero-order valence-corrected chi connectivity index (χ0v) is 18.8. The van der Waals surface area contributed by atoms with Gasteiger partial charge < -0.3 is 19.7 Å². The van der Waals surface area contributed by atoms with Gasteiger partial charge in [0.15, 0.2) is 0 Å². The maximum absolute atomic E-state index is 13.0. The molecule has 0 saturated heterocycles. The van der Waals surface area contributed by atoms with Gasteiger partial charge in [-0.2, -0.15) is 0 Å². The zero-order chi connectivity index (χ0) is 24.1. The van der Waals surface area contributed by atoms with Crippen molar-refractivity contribution in [2.24, 2.45) is 0 Å². The summed E-state index contributed by atoms with van der Waals surface area (Å²) in [7, 11) is 3.13. The fourth-order valence-electron chi connectivity index (χ4n) is 3.97. The maximum atomic E-state index is 13.0. The zero-order valence-electron chi connectivity index (χ0n) is 18.8.